The molecule has 1 aromatic rings. The molecule has 9 heteroatoms. The van der Waals surface area contributed by atoms with Crippen LogP contribution in [0.15, 0.2) is 0 Å². The number of nitrogens with one attached hydrogen (secondary N) is 1. The molecular weight excluding hydrogens is 276 g/mol. The summed E-state index contributed by atoms with van der Waals surface area (Å²) in [7, 11) is 0. The number of nitrogen functional groups attached to an aromatic ring is 1. The maximum absolute atomic E-state index is 5.65. The van der Waals surface area contributed by atoms with E-state index < -0.39 is 0 Å². The molecule has 9 nitrogen and oxygen atoms in total. The van der Waals surface area contributed by atoms with E-state index >= 15 is 0 Å². The zero-order chi connectivity index (χ0) is 15.1. The first-order chi connectivity index (χ1) is 10.2. The maximum atomic E-state index is 5.65. The van der Waals surface area contributed by atoms with E-state index in [0.717, 1.165) is 13.1 Å². The Hall–Kier alpha value is -1.71. The van der Waals surface area contributed by atoms with Gasteiger partial charge in [-0.1, -0.05) is 0 Å². The molecule has 1 aliphatic rings. The second-order valence-electron chi connectivity index (χ2n) is 4.57. The van der Waals surface area contributed by atoms with Crippen LogP contribution in [0.25, 0.3) is 0 Å². The molecular formula is C12H22N6O3. The SMILES string of the molecule is CCOCC(C)Oc1nc(NN)nc(N2CCOCC2)n1. The molecule has 3 N–H and O–H groups in total. The van der Waals surface area contributed by atoms with Crippen LogP contribution in [0.2, 0.25) is 0 Å². The van der Waals surface area contributed by atoms with Crippen LogP contribution in [0, 0.1) is 0 Å². The summed E-state index contributed by atoms with van der Waals surface area (Å²) in [6.07, 6.45) is -0.157. The summed E-state index contributed by atoms with van der Waals surface area (Å²) in [4.78, 5) is 14.7. The van der Waals surface area contributed by atoms with Gasteiger partial charge in [-0.2, -0.15) is 15.0 Å². The standard InChI is InChI=1S/C12H22N6O3/c1-3-19-8-9(2)21-12-15-10(17-13)14-11(16-12)18-4-6-20-7-5-18/h9H,3-8,13H2,1-2H3,(H,14,15,16,17). The molecule has 0 aromatic carbocycles. The Morgan fingerprint density at radius 2 is 2.10 bits per heavy atom. The third-order valence-corrected chi connectivity index (χ3v) is 2.89. The molecule has 0 saturated carbocycles. The second-order valence-corrected chi connectivity index (χ2v) is 4.57. The topological polar surface area (TPSA) is 108 Å². The Morgan fingerprint density at radius 3 is 2.76 bits per heavy atom. The first-order valence-electron chi connectivity index (χ1n) is 7.02. The lowest BCUT2D eigenvalue weighted by atomic mass is 10.4. The quantitative estimate of drug-likeness (QED) is 0.522. The fourth-order valence-corrected chi connectivity index (χ4v) is 1.87. The Labute approximate surface area is 123 Å². The molecule has 1 aliphatic heterocycles. The Bertz CT molecular complexity index is 441. The zero-order valence-electron chi connectivity index (χ0n) is 12.4. The van der Waals surface area contributed by atoms with Crippen LogP contribution in [-0.4, -0.2) is 60.6 Å². The molecule has 1 saturated heterocycles. The monoisotopic (exact) mass is 298 g/mol. The van der Waals surface area contributed by atoms with Gasteiger partial charge in [-0.25, -0.2) is 5.84 Å². The van der Waals surface area contributed by atoms with Crippen molar-refractivity contribution in [2.45, 2.75) is 20.0 Å². The molecule has 2 rings (SSSR count). The highest BCUT2D eigenvalue weighted by molar-refractivity contribution is 5.38. The highest BCUT2D eigenvalue weighted by Crippen LogP contribution is 2.16. The number of nitrogens with two attached hydrogens (primary N) is 1. The van der Waals surface area contributed by atoms with Crippen LogP contribution < -0.4 is 20.9 Å². The number of hydrogen-bond donors (Lipinski definition) is 2. The first-order valence-corrected chi connectivity index (χ1v) is 7.02. The second kappa shape index (κ2) is 7.91. The van der Waals surface area contributed by atoms with Crippen LogP contribution in [0.5, 0.6) is 6.01 Å². The summed E-state index contributed by atoms with van der Waals surface area (Å²) in [5, 5.41) is 0. The van der Waals surface area contributed by atoms with Gasteiger partial charge in [0.15, 0.2) is 0 Å². The predicted octanol–water partition coefficient (Wildman–Crippen LogP) is -0.202. The van der Waals surface area contributed by atoms with Crippen LogP contribution >= 0.6 is 0 Å². The van der Waals surface area contributed by atoms with E-state index in [1.807, 2.05) is 18.7 Å². The lowest BCUT2D eigenvalue weighted by Gasteiger charge is -2.27. The fourth-order valence-electron chi connectivity index (χ4n) is 1.87. The summed E-state index contributed by atoms with van der Waals surface area (Å²) < 4.78 is 16.3. The molecule has 1 fully saturated rings. The number of rotatable bonds is 7. The number of aromatic nitrogens is 3. The van der Waals surface area contributed by atoms with Gasteiger partial charge in [-0.05, 0) is 13.8 Å². The minimum atomic E-state index is -0.157. The van der Waals surface area contributed by atoms with Gasteiger partial charge >= 0.3 is 6.01 Å². The van der Waals surface area contributed by atoms with Gasteiger partial charge in [0.1, 0.15) is 6.10 Å². The largest absolute Gasteiger partial charge is 0.458 e. The highest BCUT2D eigenvalue weighted by Gasteiger charge is 2.17. The molecule has 0 amide bonds. The van der Waals surface area contributed by atoms with Crippen molar-refractivity contribution in [2.24, 2.45) is 5.84 Å². The molecule has 21 heavy (non-hydrogen) atoms. The fraction of sp³-hybridized carbons (Fsp3) is 0.750. The first kappa shape index (κ1) is 15.7. The molecule has 1 unspecified atom stereocenters. The van der Waals surface area contributed by atoms with Crippen LogP contribution in [0.3, 0.4) is 0 Å². The van der Waals surface area contributed by atoms with Gasteiger partial charge < -0.3 is 19.1 Å². The molecule has 0 bridgehead atoms. The summed E-state index contributed by atoms with van der Waals surface area (Å²) in [6, 6.07) is 0.228. The van der Waals surface area contributed by atoms with E-state index in [1.54, 1.807) is 0 Å². The smallest absolute Gasteiger partial charge is 0.323 e. The van der Waals surface area contributed by atoms with Crippen molar-refractivity contribution in [1.82, 2.24) is 15.0 Å². The normalized spacial score (nSPS) is 16.6. The summed E-state index contributed by atoms with van der Waals surface area (Å²) in [6.45, 7) is 7.68. The third-order valence-electron chi connectivity index (χ3n) is 2.89. The maximum Gasteiger partial charge on any atom is 0.323 e. The van der Waals surface area contributed by atoms with Crippen LogP contribution in [-0.2, 0) is 9.47 Å². The van der Waals surface area contributed by atoms with Gasteiger partial charge in [-0.3, -0.25) is 5.43 Å². The summed E-state index contributed by atoms with van der Waals surface area (Å²) in [5.74, 6) is 6.20. The minimum absolute atomic E-state index is 0.157. The van der Waals surface area contributed by atoms with E-state index in [9.17, 15) is 0 Å². The Morgan fingerprint density at radius 1 is 1.33 bits per heavy atom. The number of hydrazine groups is 1. The predicted molar refractivity (Wildman–Crippen MR) is 77.3 cm³/mol. The third kappa shape index (κ3) is 4.66. The number of nitrogens with zero attached hydrogens (tertiary/aromatic N) is 4. The van der Waals surface area contributed by atoms with Crippen molar-refractivity contribution in [1.29, 1.82) is 0 Å². The number of ether oxygens (including phenoxy) is 3. The molecule has 118 valence electrons. The van der Waals surface area contributed by atoms with E-state index in [-0.39, 0.29) is 18.1 Å². The molecule has 1 atom stereocenters. The minimum Gasteiger partial charge on any atom is -0.458 e. The van der Waals surface area contributed by atoms with Crippen molar-refractivity contribution in [3.63, 3.8) is 0 Å². The van der Waals surface area contributed by atoms with Crippen molar-refractivity contribution in [3.8, 4) is 6.01 Å². The summed E-state index contributed by atoms with van der Waals surface area (Å²) in [5.41, 5.74) is 2.43. The van der Waals surface area contributed by atoms with Gasteiger partial charge in [-0.15, -0.1) is 0 Å². The van der Waals surface area contributed by atoms with E-state index in [0.29, 0.717) is 32.4 Å². The van der Waals surface area contributed by atoms with E-state index in [4.69, 9.17) is 20.1 Å². The Kier molecular flexibility index (Phi) is 5.90. The summed E-state index contributed by atoms with van der Waals surface area (Å²) >= 11 is 0. The molecule has 0 spiro atoms. The molecule has 0 radical (unpaired) electrons. The number of anilines is 2. The lowest BCUT2D eigenvalue weighted by molar-refractivity contribution is 0.0606. The van der Waals surface area contributed by atoms with Crippen LogP contribution in [0.1, 0.15) is 13.8 Å². The van der Waals surface area contributed by atoms with Gasteiger partial charge in [0, 0.05) is 19.7 Å². The zero-order valence-corrected chi connectivity index (χ0v) is 12.4. The Balaban J connectivity index is 2.09. The van der Waals surface area contributed by atoms with Gasteiger partial charge in [0.2, 0.25) is 11.9 Å². The molecule has 2 heterocycles. The van der Waals surface area contributed by atoms with Crippen molar-refractivity contribution in [2.75, 3.05) is 49.8 Å². The average molecular weight is 298 g/mol. The molecule has 1 aromatic heterocycles. The number of hydrogen-bond acceptors (Lipinski definition) is 9. The van der Waals surface area contributed by atoms with Gasteiger partial charge in [0.25, 0.3) is 0 Å². The van der Waals surface area contributed by atoms with Crippen molar-refractivity contribution in [3.05, 3.63) is 0 Å². The van der Waals surface area contributed by atoms with E-state index in [1.165, 1.54) is 0 Å². The molecule has 0 aliphatic carbocycles. The van der Waals surface area contributed by atoms with Crippen molar-refractivity contribution >= 4 is 11.9 Å². The van der Waals surface area contributed by atoms with E-state index in [2.05, 4.69) is 20.4 Å². The number of morpholine rings is 1. The average Bonchev–Trinajstić information content (AvgIpc) is 2.53. The van der Waals surface area contributed by atoms with Crippen LogP contribution in [0.4, 0.5) is 11.9 Å². The van der Waals surface area contributed by atoms with Crippen molar-refractivity contribution < 1.29 is 14.2 Å². The highest BCUT2D eigenvalue weighted by atomic mass is 16.5. The van der Waals surface area contributed by atoms with Gasteiger partial charge in [0.05, 0.1) is 19.8 Å². The lowest BCUT2D eigenvalue weighted by Crippen LogP contribution is -2.37.